The van der Waals surface area contributed by atoms with Gasteiger partial charge in [-0.15, -0.1) is 0 Å². The summed E-state index contributed by atoms with van der Waals surface area (Å²) < 4.78 is 4.91. The minimum atomic E-state index is -0.441. The summed E-state index contributed by atoms with van der Waals surface area (Å²) in [6.45, 7) is 11.0. The zero-order chi connectivity index (χ0) is 18.4. The van der Waals surface area contributed by atoms with Gasteiger partial charge in [-0.05, 0) is 62.7 Å². The fraction of sp³-hybridized carbons (Fsp3) is 0.476. The highest BCUT2D eigenvalue weighted by molar-refractivity contribution is 5.86. The molecule has 0 radical (unpaired) electrons. The number of carbonyl (C=O) groups excluding carboxylic acids is 1. The average molecular weight is 340 g/mol. The topological polar surface area (TPSA) is 52.1 Å². The Labute approximate surface area is 150 Å². The van der Waals surface area contributed by atoms with Crippen molar-refractivity contribution in [3.05, 3.63) is 52.7 Å². The lowest BCUT2D eigenvalue weighted by Gasteiger charge is -2.32. The molecule has 2 rings (SSSR count). The van der Waals surface area contributed by atoms with Crippen LogP contribution in [0.4, 0.5) is 0 Å². The van der Waals surface area contributed by atoms with Gasteiger partial charge in [0, 0.05) is 0 Å². The van der Waals surface area contributed by atoms with Gasteiger partial charge in [-0.2, -0.15) is 0 Å². The molecule has 0 atom stereocenters. The van der Waals surface area contributed by atoms with E-state index in [0.717, 1.165) is 11.3 Å². The summed E-state index contributed by atoms with van der Waals surface area (Å²) in [6, 6.07) is 0. The maximum Gasteiger partial charge on any atom is 0.358 e. The van der Waals surface area contributed by atoms with E-state index >= 15 is 0 Å². The summed E-state index contributed by atoms with van der Waals surface area (Å²) in [4.78, 5) is 20.0. The van der Waals surface area contributed by atoms with Crippen molar-refractivity contribution in [1.29, 1.82) is 0 Å². The molecular formula is C21H28N2O2. The van der Waals surface area contributed by atoms with E-state index in [1.807, 2.05) is 13.0 Å². The van der Waals surface area contributed by atoms with E-state index in [1.165, 1.54) is 36.6 Å². The van der Waals surface area contributed by atoms with Crippen LogP contribution in [-0.4, -0.2) is 22.5 Å². The highest BCUT2D eigenvalue weighted by Gasteiger charge is 2.26. The summed E-state index contributed by atoms with van der Waals surface area (Å²) in [5.74, 6) is -0.441. The zero-order valence-corrected chi connectivity index (χ0v) is 15.9. The Balaban J connectivity index is 2.12. The molecular weight excluding hydrogens is 312 g/mol. The Hall–Kier alpha value is -2.23. The van der Waals surface area contributed by atoms with Crippen molar-refractivity contribution in [3.8, 4) is 0 Å². The van der Waals surface area contributed by atoms with Crippen LogP contribution in [-0.2, 0) is 4.74 Å². The van der Waals surface area contributed by atoms with E-state index in [2.05, 4.69) is 42.9 Å². The van der Waals surface area contributed by atoms with E-state index in [4.69, 9.17) is 4.74 Å². The first-order valence-electron chi connectivity index (χ1n) is 8.89. The predicted octanol–water partition coefficient (Wildman–Crippen LogP) is 5.14. The van der Waals surface area contributed by atoms with Crippen LogP contribution in [0.2, 0.25) is 0 Å². The molecule has 4 heteroatoms. The lowest BCUT2D eigenvalue weighted by molar-refractivity contribution is 0.0519. The van der Waals surface area contributed by atoms with Crippen LogP contribution in [0.5, 0.6) is 0 Å². The standard InChI is InChI=1S/C21H28N2O2/c1-6-25-20(24)19-14-22-17(13-23-19)12-15(2)9-10-18-16(3)8-7-11-21(18,4)5/h9-10,12-14H,6-8,11H2,1-5H3/b10-9+,15-12+. The van der Waals surface area contributed by atoms with Crippen LogP contribution in [0, 0.1) is 5.41 Å². The van der Waals surface area contributed by atoms with Crippen molar-refractivity contribution in [2.75, 3.05) is 6.61 Å². The van der Waals surface area contributed by atoms with Crippen molar-refractivity contribution in [3.63, 3.8) is 0 Å². The molecule has 0 fully saturated rings. The number of hydrogen-bond acceptors (Lipinski definition) is 4. The second kappa shape index (κ2) is 8.24. The van der Waals surface area contributed by atoms with Crippen LogP contribution in [0.15, 0.2) is 41.3 Å². The molecule has 0 N–H and O–H groups in total. The van der Waals surface area contributed by atoms with Crippen molar-refractivity contribution < 1.29 is 9.53 Å². The monoisotopic (exact) mass is 340 g/mol. The third kappa shape index (κ3) is 5.12. The Kier molecular flexibility index (Phi) is 6.29. The molecule has 1 aliphatic carbocycles. The van der Waals surface area contributed by atoms with Crippen LogP contribution in [0.1, 0.15) is 70.1 Å². The number of esters is 1. The molecule has 134 valence electrons. The fourth-order valence-corrected chi connectivity index (χ4v) is 3.23. The van der Waals surface area contributed by atoms with E-state index in [9.17, 15) is 4.79 Å². The second-order valence-corrected chi connectivity index (χ2v) is 7.20. The Morgan fingerprint density at radius 1 is 1.32 bits per heavy atom. The van der Waals surface area contributed by atoms with Crippen LogP contribution in [0.25, 0.3) is 6.08 Å². The van der Waals surface area contributed by atoms with Gasteiger partial charge >= 0.3 is 5.97 Å². The molecule has 0 unspecified atom stereocenters. The SMILES string of the molecule is CCOC(=O)c1cnc(/C=C(C)/C=C/C2=C(C)CCCC2(C)C)cn1. The molecule has 0 saturated heterocycles. The molecule has 0 aliphatic heterocycles. The van der Waals surface area contributed by atoms with E-state index in [-0.39, 0.29) is 11.1 Å². The first kappa shape index (κ1) is 19.1. The largest absolute Gasteiger partial charge is 0.461 e. The van der Waals surface area contributed by atoms with Gasteiger partial charge in [0.1, 0.15) is 0 Å². The summed E-state index contributed by atoms with van der Waals surface area (Å²) in [5.41, 5.74) is 5.22. The van der Waals surface area contributed by atoms with Gasteiger partial charge in [0.25, 0.3) is 0 Å². The van der Waals surface area contributed by atoms with Gasteiger partial charge in [-0.3, -0.25) is 4.98 Å². The molecule has 0 bridgehead atoms. The zero-order valence-electron chi connectivity index (χ0n) is 15.9. The first-order chi connectivity index (χ1) is 11.8. The van der Waals surface area contributed by atoms with Crippen molar-refractivity contribution in [2.24, 2.45) is 5.41 Å². The molecule has 0 amide bonds. The minimum Gasteiger partial charge on any atom is -0.461 e. The third-order valence-corrected chi connectivity index (χ3v) is 4.59. The number of hydrogen-bond donors (Lipinski definition) is 0. The molecule has 4 nitrogen and oxygen atoms in total. The molecule has 1 aliphatic rings. The smallest absolute Gasteiger partial charge is 0.358 e. The third-order valence-electron chi connectivity index (χ3n) is 4.59. The van der Waals surface area contributed by atoms with Crippen molar-refractivity contribution >= 4 is 12.0 Å². The summed E-state index contributed by atoms with van der Waals surface area (Å²) >= 11 is 0. The predicted molar refractivity (Wildman–Crippen MR) is 101 cm³/mol. The van der Waals surface area contributed by atoms with Gasteiger partial charge in [0.2, 0.25) is 0 Å². The maximum absolute atomic E-state index is 11.6. The molecule has 1 heterocycles. The maximum atomic E-state index is 11.6. The number of rotatable bonds is 5. The lowest BCUT2D eigenvalue weighted by Crippen LogP contribution is -2.19. The van der Waals surface area contributed by atoms with Gasteiger partial charge in [-0.25, -0.2) is 9.78 Å². The quantitative estimate of drug-likeness (QED) is 0.550. The molecule has 1 aromatic rings. The van der Waals surface area contributed by atoms with Crippen LogP contribution in [0.3, 0.4) is 0 Å². The fourth-order valence-electron chi connectivity index (χ4n) is 3.23. The number of ether oxygens (including phenoxy) is 1. The molecule has 0 aromatic carbocycles. The molecule has 0 saturated carbocycles. The number of aromatic nitrogens is 2. The summed E-state index contributed by atoms with van der Waals surface area (Å²) in [7, 11) is 0. The Morgan fingerprint density at radius 2 is 2.08 bits per heavy atom. The normalized spacial score (nSPS) is 17.9. The molecule has 25 heavy (non-hydrogen) atoms. The second-order valence-electron chi connectivity index (χ2n) is 7.20. The summed E-state index contributed by atoms with van der Waals surface area (Å²) in [5, 5.41) is 0. The Bertz CT molecular complexity index is 710. The number of nitrogens with zero attached hydrogens (tertiary/aromatic N) is 2. The van der Waals surface area contributed by atoms with E-state index < -0.39 is 5.97 Å². The van der Waals surface area contributed by atoms with Crippen LogP contribution < -0.4 is 0 Å². The average Bonchev–Trinajstić information content (AvgIpc) is 2.54. The summed E-state index contributed by atoms with van der Waals surface area (Å²) in [6.07, 6.45) is 13.1. The minimum absolute atomic E-state index is 0.233. The first-order valence-corrected chi connectivity index (χ1v) is 8.89. The molecule has 1 aromatic heterocycles. The lowest BCUT2D eigenvalue weighted by atomic mass is 9.72. The van der Waals surface area contributed by atoms with Gasteiger partial charge < -0.3 is 4.74 Å². The highest BCUT2D eigenvalue weighted by Crippen LogP contribution is 2.40. The van der Waals surface area contributed by atoms with Crippen molar-refractivity contribution in [2.45, 2.75) is 53.9 Å². The van der Waals surface area contributed by atoms with Gasteiger partial charge in [0.05, 0.1) is 24.7 Å². The van der Waals surface area contributed by atoms with E-state index in [1.54, 1.807) is 13.1 Å². The van der Waals surface area contributed by atoms with Gasteiger partial charge in [0.15, 0.2) is 5.69 Å². The van der Waals surface area contributed by atoms with Gasteiger partial charge in [-0.1, -0.05) is 31.6 Å². The van der Waals surface area contributed by atoms with E-state index in [0.29, 0.717) is 6.61 Å². The number of allylic oxidation sites excluding steroid dienone is 5. The molecule has 0 spiro atoms. The highest BCUT2D eigenvalue weighted by atomic mass is 16.5. The van der Waals surface area contributed by atoms with Crippen LogP contribution >= 0.6 is 0 Å². The Morgan fingerprint density at radius 3 is 2.68 bits per heavy atom. The van der Waals surface area contributed by atoms with Crippen molar-refractivity contribution in [1.82, 2.24) is 9.97 Å². The number of carbonyl (C=O) groups is 1.